The molecule has 1 heterocycles. The molecule has 0 spiro atoms. The van der Waals surface area contributed by atoms with Crippen LogP contribution in [0.2, 0.25) is 5.28 Å². The first-order valence-electron chi connectivity index (χ1n) is 40.5. The Kier molecular flexibility index (Phi) is 65.3. The molecule has 6 N–H and O–H groups in total. The van der Waals surface area contributed by atoms with Gasteiger partial charge in [0.05, 0.1) is 211 Å². The van der Waals surface area contributed by atoms with Crippen molar-refractivity contribution in [1.82, 2.24) is 46.9 Å². The molecule has 0 radical (unpaired) electrons. The molecular weight excluding hydrogens is 1560 g/mol. The third-order valence-electron chi connectivity index (χ3n) is 14.5. The van der Waals surface area contributed by atoms with E-state index in [0.717, 1.165) is 0 Å². The third-order valence-corrected chi connectivity index (χ3v) is 14.6. The molecule has 0 unspecified atom stereocenters. The van der Waals surface area contributed by atoms with Crippen LogP contribution in [0.25, 0.3) is 0 Å². The molecule has 1 rings (SSSR count). The molecule has 0 fully saturated rings. The first kappa shape index (κ1) is 109. The normalized spacial score (nSPS) is 11.8. The summed E-state index contributed by atoms with van der Waals surface area (Å²) in [5.41, 5.74) is -2.42. The zero-order valence-corrected chi connectivity index (χ0v) is 72.7. The van der Waals surface area contributed by atoms with Gasteiger partial charge in [0.2, 0.25) is 29.0 Å². The van der Waals surface area contributed by atoms with E-state index in [0.29, 0.717) is 197 Å². The largest absolute Gasteiger partial charge is 0.444 e. The fourth-order valence-corrected chi connectivity index (χ4v) is 9.20. The molecule has 0 aliphatic rings. The molecule has 1 aromatic rings. The van der Waals surface area contributed by atoms with Crippen LogP contribution in [-0.4, -0.2) is 362 Å². The molecule has 39 nitrogen and oxygen atoms in total. The van der Waals surface area contributed by atoms with Gasteiger partial charge in [-0.15, -0.1) is 0 Å². The van der Waals surface area contributed by atoms with Crippen molar-refractivity contribution in [3.8, 4) is 0 Å². The topological polar surface area (TPSA) is 438 Å². The molecule has 680 valence electrons. The molecule has 0 saturated carbocycles. The molecule has 40 heteroatoms. The number of aromatic nitrogens is 3. The van der Waals surface area contributed by atoms with Gasteiger partial charge in [0.1, 0.15) is 34.0 Å². The van der Waals surface area contributed by atoms with Gasteiger partial charge >= 0.3 is 24.4 Å². The lowest BCUT2D eigenvalue weighted by atomic mass is 10.2. The van der Waals surface area contributed by atoms with Gasteiger partial charge in [-0.2, -0.15) is 15.0 Å². The van der Waals surface area contributed by atoms with Crippen LogP contribution in [0.3, 0.4) is 0 Å². The van der Waals surface area contributed by atoms with Gasteiger partial charge in [-0.3, -0.25) is 19.2 Å². The van der Waals surface area contributed by atoms with E-state index in [4.69, 9.17) is 111 Å². The predicted molar refractivity (Wildman–Crippen MR) is 432 cm³/mol. The monoisotopic (exact) mass is 1700 g/mol. The van der Waals surface area contributed by atoms with Gasteiger partial charge in [-0.05, 0) is 108 Å². The van der Waals surface area contributed by atoms with Crippen LogP contribution in [-0.2, 0) is 114 Å². The zero-order valence-electron chi connectivity index (χ0n) is 71.9. The molecule has 117 heavy (non-hydrogen) atoms. The zero-order chi connectivity index (χ0) is 86.4. The van der Waals surface area contributed by atoms with Crippen LogP contribution in [0.5, 0.6) is 0 Å². The molecule has 0 atom stereocenters. The summed E-state index contributed by atoms with van der Waals surface area (Å²) < 4.78 is 112. The summed E-state index contributed by atoms with van der Waals surface area (Å²) in [7, 11) is 0. The quantitative estimate of drug-likeness (QED) is 0.0369. The number of nitrogens with zero attached hydrogens (tertiary/aromatic N) is 5. The van der Waals surface area contributed by atoms with Crippen LogP contribution < -0.4 is 41.7 Å². The Morgan fingerprint density at radius 2 is 0.453 bits per heavy atom. The number of rotatable bonds is 76. The molecular formula is C77H142ClN11O28. The summed E-state index contributed by atoms with van der Waals surface area (Å²) in [6.07, 6.45) is 0.370. The van der Waals surface area contributed by atoms with Crippen molar-refractivity contribution in [2.24, 2.45) is 0 Å². The number of carbonyl (C=O) groups excluding carboxylic acids is 8. The van der Waals surface area contributed by atoms with Crippen molar-refractivity contribution in [2.75, 3.05) is 287 Å². The van der Waals surface area contributed by atoms with Crippen LogP contribution in [0.4, 0.5) is 31.1 Å². The molecule has 0 aromatic carbocycles. The van der Waals surface area contributed by atoms with Crippen LogP contribution in [0, 0.1) is 0 Å². The average molecular weight is 1710 g/mol. The summed E-state index contributed by atoms with van der Waals surface area (Å²) >= 11 is 6.71. The maximum absolute atomic E-state index is 12.2. The van der Waals surface area contributed by atoms with Crippen LogP contribution in [0.1, 0.15) is 134 Å². The van der Waals surface area contributed by atoms with Gasteiger partial charge in [-0.25, -0.2) is 19.2 Å². The van der Waals surface area contributed by atoms with E-state index >= 15 is 0 Å². The molecule has 0 bridgehead atoms. The predicted octanol–water partition coefficient (Wildman–Crippen LogP) is 4.99. The van der Waals surface area contributed by atoms with E-state index in [1.54, 1.807) is 83.1 Å². The maximum atomic E-state index is 12.2. The Labute approximate surface area is 697 Å². The molecule has 0 aliphatic heterocycles. The van der Waals surface area contributed by atoms with Gasteiger partial charge in [-0.1, -0.05) is 0 Å². The number of ketones is 2. The van der Waals surface area contributed by atoms with Crippen molar-refractivity contribution in [1.29, 1.82) is 0 Å². The van der Waals surface area contributed by atoms with Crippen molar-refractivity contribution < 1.29 is 133 Å². The van der Waals surface area contributed by atoms with E-state index in [-0.39, 0.29) is 172 Å². The Morgan fingerprint density at radius 1 is 0.256 bits per heavy atom. The highest BCUT2D eigenvalue weighted by molar-refractivity contribution is 6.28. The minimum Gasteiger partial charge on any atom is -0.444 e. The number of hydrogen-bond acceptors (Lipinski definition) is 33. The molecule has 0 aliphatic carbocycles. The summed E-state index contributed by atoms with van der Waals surface area (Å²) in [5, 5.41) is 15.9. The number of hydrogen-bond donors (Lipinski definition) is 6. The number of amides is 6. The first-order valence-corrected chi connectivity index (χ1v) is 40.9. The highest BCUT2D eigenvalue weighted by Crippen LogP contribution is 2.18. The van der Waals surface area contributed by atoms with E-state index in [2.05, 4.69) is 41.9 Å². The minimum atomic E-state index is -0.614. The fraction of sp³-hybridized carbons (Fsp3) is 0.857. The van der Waals surface area contributed by atoms with Crippen molar-refractivity contribution >= 4 is 71.3 Å². The molecule has 0 saturated heterocycles. The second-order valence-electron chi connectivity index (χ2n) is 29.7. The second kappa shape index (κ2) is 70.3. The van der Waals surface area contributed by atoms with Gasteiger partial charge < -0.3 is 136 Å². The van der Waals surface area contributed by atoms with E-state index in [1.165, 1.54) is 0 Å². The van der Waals surface area contributed by atoms with Gasteiger partial charge in [0, 0.05) is 104 Å². The Balaban J connectivity index is 2.85. The number of Topliss-reactive ketones (excluding diaryl/α,β-unsaturated/α-hetero) is 2. The summed E-state index contributed by atoms with van der Waals surface area (Å²) in [5.74, 6) is 0.205. The second-order valence-corrected chi connectivity index (χ2v) is 30.0. The number of nitrogens with one attached hydrogen (secondary N) is 6. The van der Waals surface area contributed by atoms with E-state index in [1.807, 2.05) is 9.80 Å². The van der Waals surface area contributed by atoms with E-state index in [9.17, 15) is 38.4 Å². The third kappa shape index (κ3) is 75.6. The first-order chi connectivity index (χ1) is 55.9. The summed E-state index contributed by atoms with van der Waals surface area (Å²) in [6, 6.07) is 0. The number of ether oxygens (including phenoxy) is 20. The average Bonchev–Trinajstić information content (AvgIpc) is 0.832. The SMILES string of the molecule is CC(C)(C)OC(=O)NCCCC(=O)CCOCCOCCOCCOCCN(CCOCCOCCOCCOCCC(=O)NCCNC(=O)OC(C)(C)C)c1nc(Cl)nc(N(CCOCCOCCOCCOCCC(=O)CCCNC(=O)OC(C)(C)C)CCOCCOCCOCCOCCC(=O)NCCNC(=O)OC(C)(C)C)n1. The Morgan fingerprint density at radius 3 is 0.684 bits per heavy atom. The highest BCUT2D eigenvalue weighted by atomic mass is 35.5. The maximum Gasteiger partial charge on any atom is 0.407 e. The number of anilines is 2. The Bertz CT molecular complexity index is 2410. The van der Waals surface area contributed by atoms with E-state index < -0.39 is 46.8 Å². The lowest BCUT2D eigenvalue weighted by molar-refractivity contribution is -0.123. The lowest BCUT2D eigenvalue weighted by Gasteiger charge is -2.26. The van der Waals surface area contributed by atoms with Crippen molar-refractivity contribution in [2.45, 2.75) is 157 Å². The standard InChI is InChI=1S/C77H142ClN11O28/c1-74(2,3)114-70(94)81-21-13-15-63(90)17-31-98-39-47-106-55-59-110-51-43-102-35-27-88(29-37-104-45-53-112-61-57-108-49-41-100-33-19-65(92)79-23-25-83-72(96)116-76(7,8)9)68-85-67(78)86-69(87-68)89(28-36-103-44-52-111-60-56-107-48-40-99-32-18-64(91)16-14-22-82-71(95)115-75(4,5)6)30-38-105-46-54-113-62-58-109-50-42-101-34-20-66(93)80-24-26-84-73(97)117-77(10,11)12/h13-62H2,1-12H3,(H,79,92)(H,80,93)(H,81,94)(H,82,95)(H,83,96)(H,84,97). The molecule has 6 amide bonds. The van der Waals surface area contributed by atoms with Crippen LogP contribution in [0.15, 0.2) is 0 Å². The number of alkyl carbamates (subject to hydrolysis) is 4. The van der Waals surface area contributed by atoms with Crippen molar-refractivity contribution in [3.63, 3.8) is 0 Å². The van der Waals surface area contributed by atoms with Gasteiger partial charge in [0.25, 0.3) is 0 Å². The molecule has 1 aromatic heterocycles. The highest BCUT2D eigenvalue weighted by Gasteiger charge is 2.22. The summed E-state index contributed by atoms with van der Waals surface area (Å²) in [6.45, 7) is 33.6. The fourth-order valence-electron chi connectivity index (χ4n) is 9.05. The Hall–Kier alpha value is -6.38. The minimum absolute atomic E-state index is 0.0409. The summed E-state index contributed by atoms with van der Waals surface area (Å²) in [4.78, 5) is 114. The number of carbonyl (C=O) groups is 8. The van der Waals surface area contributed by atoms with Crippen molar-refractivity contribution in [3.05, 3.63) is 5.28 Å². The number of halogens is 1. The smallest absolute Gasteiger partial charge is 0.407 e. The van der Waals surface area contributed by atoms with Gasteiger partial charge in [0.15, 0.2) is 0 Å². The van der Waals surface area contributed by atoms with Crippen LogP contribution >= 0.6 is 11.6 Å². The lowest BCUT2D eigenvalue weighted by Crippen LogP contribution is -2.38.